The third kappa shape index (κ3) is 3.42. The first kappa shape index (κ1) is 16.9. The van der Waals surface area contributed by atoms with Gasteiger partial charge in [-0.25, -0.2) is 4.98 Å². The van der Waals surface area contributed by atoms with E-state index in [0.29, 0.717) is 12.3 Å². The topological polar surface area (TPSA) is 73.6 Å². The molecule has 0 saturated heterocycles. The largest absolute Gasteiger partial charge is 0.497 e. The van der Waals surface area contributed by atoms with Gasteiger partial charge < -0.3 is 19.2 Å². The van der Waals surface area contributed by atoms with Gasteiger partial charge in [-0.1, -0.05) is 12.1 Å². The molecule has 0 aliphatic rings. The van der Waals surface area contributed by atoms with Crippen LogP contribution in [0.3, 0.4) is 0 Å². The van der Waals surface area contributed by atoms with E-state index in [4.69, 9.17) is 13.9 Å². The Kier molecular flexibility index (Phi) is 4.38. The second-order valence-electron chi connectivity index (χ2n) is 6.09. The fraction of sp³-hybridized carbons (Fsp3) is 0.143. The standard InChI is InChI=1S/C21H18N2O4/c1-25-16-5-3-4-13(8-16)12-22-20(24)19-10-15-9-14-6-7-17(26-2)11-18(14)23-21(15)27-19/h3-11H,12H2,1-2H3,(H,22,24). The molecule has 4 aromatic rings. The summed E-state index contributed by atoms with van der Waals surface area (Å²) in [4.78, 5) is 16.9. The first-order valence-corrected chi connectivity index (χ1v) is 8.46. The predicted octanol–water partition coefficient (Wildman–Crippen LogP) is 3.93. The van der Waals surface area contributed by atoms with Gasteiger partial charge in [0.15, 0.2) is 5.76 Å². The summed E-state index contributed by atoms with van der Waals surface area (Å²) in [6, 6.07) is 16.8. The normalized spacial score (nSPS) is 10.9. The third-order valence-electron chi connectivity index (χ3n) is 4.32. The zero-order valence-electron chi connectivity index (χ0n) is 15.0. The van der Waals surface area contributed by atoms with E-state index in [0.717, 1.165) is 33.4 Å². The fourth-order valence-corrected chi connectivity index (χ4v) is 2.90. The molecule has 4 rings (SSSR count). The number of pyridine rings is 1. The van der Waals surface area contributed by atoms with Crippen molar-refractivity contribution in [3.8, 4) is 11.5 Å². The molecular formula is C21H18N2O4. The van der Waals surface area contributed by atoms with E-state index in [9.17, 15) is 4.79 Å². The highest BCUT2D eigenvalue weighted by Gasteiger charge is 2.14. The van der Waals surface area contributed by atoms with E-state index < -0.39 is 0 Å². The zero-order valence-corrected chi connectivity index (χ0v) is 15.0. The summed E-state index contributed by atoms with van der Waals surface area (Å²) in [5.74, 6) is 1.40. The first-order chi connectivity index (χ1) is 13.2. The molecule has 0 spiro atoms. The zero-order chi connectivity index (χ0) is 18.8. The highest BCUT2D eigenvalue weighted by atomic mass is 16.5. The highest BCUT2D eigenvalue weighted by molar-refractivity contribution is 5.98. The lowest BCUT2D eigenvalue weighted by atomic mass is 10.2. The molecular weight excluding hydrogens is 344 g/mol. The molecule has 0 fully saturated rings. The quantitative estimate of drug-likeness (QED) is 0.582. The minimum absolute atomic E-state index is 0.225. The van der Waals surface area contributed by atoms with E-state index in [1.165, 1.54) is 0 Å². The molecule has 0 unspecified atom stereocenters. The van der Waals surface area contributed by atoms with E-state index in [1.54, 1.807) is 20.3 Å². The van der Waals surface area contributed by atoms with Crippen molar-refractivity contribution in [2.75, 3.05) is 14.2 Å². The number of amides is 1. The molecule has 27 heavy (non-hydrogen) atoms. The number of carbonyl (C=O) groups excluding carboxylic acids is 1. The maximum absolute atomic E-state index is 12.5. The Morgan fingerprint density at radius 2 is 1.81 bits per heavy atom. The number of nitrogens with one attached hydrogen (secondary N) is 1. The summed E-state index contributed by atoms with van der Waals surface area (Å²) >= 11 is 0. The lowest BCUT2D eigenvalue weighted by molar-refractivity contribution is 0.0925. The molecule has 2 aromatic carbocycles. The Labute approximate surface area is 155 Å². The molecule has 0 aliphatic heterocycles. The third-order valence-corrected chi connectivity index (χ3v) is 4.32. The van der Waals surface area contributed by atoms with Gasteiger partial charge in [0, 0.05) is 23.4 Å². The van der Waals surface area contributed by atoms with Gasteiger partial charge in [0.25, 0.3) is 5.91 Å². The van der Waals surface area contributed by atoms with Crippen LogP contribution in [0.2, 0.25) is 0 Å². The summed E-state index contributed by atoms with van der Waals surface area (Å²) in [6.45, 7) is 0.375. The van der Waals surface area contributed by atoms with Crippen LogP contribution in [0.4, 0.5) is 0 Å². The number of methoxy groups -OCH3 is 2. The van der Waals surface area contributed by atoms with Crippen molar-refractivity contribution in [3.63, 3.8) is 0 Å². The number of carbonyl (C=O) groups is 1. The number of hydrogen-bond acceptors (Lipinski definition) is 5. The number of fused-ring (bicyclic) bond motifs is 2. The summed E-state index contributed by atoms with van der Waals surface area (Å²) in [5.41, 5.74) is 2.11. The van der Waals surface area contributed by atoms with Crippen molar-refractivity contribution in [2.45, 2.75) is 6.54 Å². The average Bonchev–Trinajstić information content (AvgIpc) is 3.12. The van der Waals surface area contributed by atoms with Gasteiger partial charge in [-0.15, -0.1) is 0 Å². The fourth-order valence-electron chi connectivity index (χ4n) is 2.90. The monoisotopic (exact) mass is 362 g/mol. The lowest BCUT2D eigenvalue weighted by Gasteiger charge is -2.05. The van der Waals surface area contributed by atoms with Gasteiger partial charge in [-0.3, -0.25) is 4.79 Å². The molecule has 0 bridgehead atoms. The highest BCUT2D eigenvalue weighted by Crippen LogP contribution is 2.25. The molecule has 0 atom stereocenters. The second kappa shape index (κ2) is 6.99. The number of aromatic nitrogens is 1. The molecule has 6 heteroatoms. The molecule has 2 heterocycles. The summed E-state index contributed by atoms with van der Waals surface area (Å²) in [6.07, 6.45) is 0. The Morgan fingerprint density at radius 3 is 2.63 bits per heavy atom. The number of furan rings is 1. The lowest BCUT2D eigenvalue weighted by Crippen LogP contribution is -2.22. The van der Waals surface area contributed by atoms with Crippen LogP contribution in [0.15, 0.2) is 59.0 Å². The van der Waals surface area contributed by atoms with Crippen LogP contribution in [-0.2, 0) is 6.54 Å². The molecule has 6 nitrogen and oxygen atoms in total. The van der Waals surface area contributed by atoms with Gasteiger partial charge in [0.1, 0.15) is 11.5 Å². The van der Waals surface area contributed by atoms with Crippen LogP contribution in [0.25, 0.3) is 22.0 Å². The summed E-state index contributed by atoms with van der Waals surface area (Å²) < 4.78 is 16.1. The average molecular weight is 362 g/mol. The van der Waals surface area contributed by atoms with Crippen molar-refractivity contribution in [3.05, 3.63) is 65.9 Å². The number of ether oxygens (including phenoxy) is 2. The van der Waals surface area contributed by atoms with E-state index in [1.807, 2.05) is 48.5 Å². The van der Waals surface area contributed by atoms with Crippen molar-refractivity contribution in [2.24, 2.45) is 0 Å². The van der Waals surface area contributed by atoms with Crippen molar-refractivity contribution in [1.82, 2.24) is 10.3 Å². The minimum Gasteiger partial charge on any atom is -0.497 e. The number of rotatable bonds is 5. The Hall–Kier alpha value is -3.54. The van der Waals surface area contributed by atoms with Crippen molar-refractivity contribution >= 4 is 27.9 Å². The second-order valence-corrected chi connectivity index (χ2v) is 6.09. The smallest absolute Gasteiger partial charge is 0.287 e. The van der Waals surface area contributed by atoms with Crippen LogP contribution in [-0.4, -0.2) is 25.1 Å². The van der Waals surface area contributed by atoms with Gasteiger partial charge in [-0.2, -0.15) is 0 Å². The van der Waals surface area contributed by atoms with Crippen LogP contribution >= 0.6 is 0 Å². The van der Waals surface area contributed by atoms with Crippen LogP contribution in [0, 0.1) is 0 Å². The summed E-state index contributed by atoms with van der Waals surface area (Å²) in [7, 11) is 3.22. The number of benzene rings is 2. The van der Waals surface area contributed by atoms with Crippen molar-refractivity contribution in [1.29, 1.82) is 0 Å². The molecule has 0 saturated carbocycles. The van der Waals surface area contributed by atoms with E-state index >= 15 is 0 Å². The maximum Gasteiger partial charge on any atom is 0.287 e. The molecule has 0 aliphatic carbocycles. The van der Waals surface area contributed by atoms with E-state index in [2.05, 4.69) is 10.3 Å². The van der Waals surface area contributed by atoms with Crippen LogP contribution in [0.1, 0.15) is 16.1 Å². The predicted molar refractivity (Wildman–Crippen MR) is 102 cm³/mol. The first-order valence-electron chi connectivity index (χ1n) is 8.46. The molecule has 0 radical (unpaired) electrons. The number of nitrogens with zero attached hydrogens (tertiary/aromatic N) is 1. The van der Waals surface area contributed by atoms with E-state index in [-0.39, 0.29) is 11.7 Å². The Morgan fingerprint density at radius 1 is 1.00 bits per heavy atom. The number of hydrogen-bond donors (Lipinski definition) is 1. The van der Waals surface area contributed by atoms with Gasteiger partial charge in [0.2, 0.25) is 5.71 Å². The summed E-state index contributed by atoms with van der Waals surface area (Å²) in [5, 5.41) is 4.58. The maximum atomic E-state index is 12.5. The molecule has 1 N–H and O–H groups in total. The van der Waals surface area contributed by atoms with Gasteiger partial charge >= 0.3 is 0 Å². The molecule has 136 valence electrons. The molecule has 1 amide bonds. The minimum atomic E-state index is -0.294. The molecule has 2 aromatic heterocycles. The Bertz CT molecular complexity index is 1130. The van der Waals surface area contributed by atoms with Crippen LogP contribution in [0.5, 0.6) is 11.5 Å². The Balaban J connectivity index is 1.57. The van der Waals surface area contributed by atoms with Crippen LogP contribution < -0.4 is 14.8 Å². The SMILES string of the molecule is COc1cccc(CNC(=O)c2cc3cc4ccc(OC)cc4nc3o2)c1. The van der Waals surface area contributed by atoms with Gasteiger partial charge in [-0.05, 0) is 42.0 Å². The van der Waals surface area contributed by atoms with Gasteiger partial charge in [0.05, 0.1) is 19.7 Å². The van der Waals surface area contributed by atoms with Crippen molar-refractivity contribution < 1.29 is 18.7 Å².